The highest BCUT2D eigenvalue weighted by Gasteiger charge is 2.14. The standard InChI is InChI=1S/C14H11Cl2NO3/c1-9-6-11(2-4-13(9)16)20-12-3-5-14(17(18)19)10(7-12)8-15/h2-7H,8H2,1H3. The van der Waals surface area contributed by atoms with Crippen molar-refractivity contribution in [2.24, 2.45) is 0 Å². The van der Waals surface area contributed by atoms with Crippen LogP contribution < -0.4 is 4.74 Å². The fraction of sp³-hybridized carbons (Fsp3) is 0.143. The number of hydrogen-bond donors (Lipinski definition) is 0. The highest BCUT2D eigenvalue weighted by molar-refractivity contribution is 6.31. The minimum atomic E-state index is -0.464. The molecule has 2 rings (SSSR count). The molecule has 2 aromatic rings. The van der Waals surface area contributed by atoms with E-state index < -0.39 is 4.92 Å². The van der Waals surface area contributed by atoms with Crippen LogP contribution in [-0.2, 0) is 5.88 Å². The smallest absolute Gasteiger partial charge is 0.274 e. The van der Waals surface area contributed by atoms with Crippen LogP contribution in [0.15, 0.2) is 36.4 Å². The third-order valence-electron chi connectivity index (χ3n) is 2.76. The molecule has 6 heteroatoms. The Kier molecular flexibility index (Phi) is 4.47. The van der Waals surface area contributed by atoms with Crippen LogP contribution in [0, 0.1) is 17.0 Å². The van der Waals surface area contributed by atoms with E-state index in [1.54, 1.807) is 24.3 Å². The van der Waals surface area contributed by atoms with Gasteiger partial charge in [-0.3, -0.25) is 10.1 Å². The molecule has 0 aromatic heterocycles. The molecule has 104 valence electrons. The van der Waals surface area contributed by atoms with Gasteiger partial charge in [0.05, 0.1) is 10.8 Å². The summed E-state index contributed by atoms with van der Waals surface area (Å²) in [4.78, 5) is 10.4. The largest absolute Gasteiger partial charge is 0.457 e. The number of halogens is 2. The summed E-state index contributed by atoms with van der Waals surface area (Å²) in [6, 6.07) is 9.75. The minimum Gasteiger partial charge on any atom is -0.457 e. The molecule has 0 saturated heterocycles. The summed E-state index contributed by atoms with van der Waals surface area (Å²) in [6.45, 7) is 1.87. The Bertz CT molecular complexity index is 659. The van der Waals surface area contributed by atoms with Crippen molar-refractivity contribution in [3.63, 3.8) is 0 Å². The molecule has 0 unspecified atom stereocenters. The SMILES string of the molecule is Cc1cc(Oc2ccc([N+](=O)[O-])c(CCl)c2)ccc1Cl. The summed E-state index contributed by atoms with van der Waals surface area (Å²) < 4.78 is 5.65. The second-order valence-electron chi connectivity index (χ2n) is 4.19. The van der Waals surface area contributed by atoms with Gasteiger partial charge in [-0.25, -0.2) is 0 Å². The van der Waals surface area contributed by atoms with Crippen molar-refractivity contribution < 1.29 is 9.66 Å². The van der Waals surface area contributed by atoms with Crippen molar-refractivity contribution in [2.75, 3.05) is 0 Å². The first-order valence-electron chi connectivity index (χ1n) is 5.78. The minimum absolute atomic E-state index is 0.0142. The second kappa shape index (κ2) is 6.11. The predicted octanol–water partition coefficient (Wildman–Crippen LogP) is 5.09. The number of nitro benzene ring substituents is 1. The van der Waals surface area contributed by atoms with Crippen molar-refractivity contribution in [3.05, 3.63) is 62.7 Å². The van der Waals surface area contributed by atoms with Crippen molar-refractivity contribution in [2.45, 2.75) is 12.8 Å². The summed E-state index contributed by atoms with van der Waals surface area (Å²) in [5.41, 5.74) is 1.29. The number of hydrogen-bond acceptors (Lipinski definition) is 3. The first-order chi connectivity index (χ1) is 9.51. The molecule has 0 spiro atoms. The first kappa shape index (κ1) is 14.6. The van der Waals surface area contributed by atoms with E-state index in [4.69, 9.17) is 27.9 Å². The summed E-state index contributed by atoms with van der Waals surface area (Å²) in [7, 11) is 0. The maximum atomic E-state index is 10.8. The van der Waals surface area contributed by atoms with Crippen LogP contribution in [0.4, 0.5) is 5.69 Å². The quantitative estimate of drug-likeness (QED) is 0.449. The van der Waals surface area contributed by atoms with E-state index in [1.807, 2.05) is 6.92 Å². The number of ether oxygens (including phenoxy) is 1. The Morgan fingerprint density at radius 2 is 1.85 bits per heavy atom. The van der Waals surface area contributed by atoms with Crippen molar-refractivity contribution in [3.8, 4) is 11.5 Å². The molecule has 4 nitrogen and oxygen atoms in total. The van der Waals surface area contributed by atoms with Crippen LogP contribution in [0.5, 0.6) is 11.5 Å². The van der Waals surface area contributed by atoms with Crippen LogP contribution in [0.2, 0.25) is 5.02 Å². The van der Waals surface area contributed by atoms with E-state index in [0.29, 0.717) is 22.1 Å². The summed E-state index contributed by atoms with van der Waals surface area (Å²) in [5.74, 6) is 1.15. The molecule has 0 aliphatic heterocycles. The number of rotatable bonds is 4. The van der Waals surface area contributed by atoms with Gasteiger partial charge in [0, 0.05) is 16.7 Å². The fourth-order valence-corrected chi connectivity index (χ4v) is 2.06. The van der Waals surface area contributed by atoms with E-state index in [9.17, 15) is 10.1 Å². The summed E-state index contributed by atoms with van der Waals surface area (Å²) in [6.07, 6.45) is 0. The lowest BCUT2D eigenvalue weighted by molar-refractivity contribution is -0.385. The number of nitrogens with zero attached hydrogens (tertiary/aromatic N) is 1. The first-order valence-corrected chi connectivity index (χ1v) is 6.70. The number of aryl methyl sites for hydroxylation is 1. The van der Waals surface area contributed by atoms with Gasteiger partial charge in [-0.05, 0) is 42.8 Å². The Morgan fingerprint density at radius 1 is 1.20 bits per heavy atom. The summed E-state index contributed by atoms with van der Waals surface area (Å²) >= 11 is 11.7. The second-order valence-corrected chi connectivity index (χ2v) is 4.87. The average molecular weight is 312 g/mol. The van der Waals surface area contributed by atoms with Gasteiger partial charge >= 0.3 is 0 Å². The zero-order valence-corrected chi connectivity index (χ0v) is 12.1. The normalized spacial score (nSPS) is 10.3. The Balaban J connectivity index is 2.29. The number of benzene rings is 2. The zero-order valence-electron chi connectivity index (χ0n) is 10.6. The van der Waals surface area contributed by atoms with E-state index in [2.05, 4.69) is 0 Å². The molecule has 0 amide bonds. The molecule has 0 aliphatic rings. The van der Waals surface area contributed by atoms with Gasteiger partial charge in [0.2, 0.25) is 0 Å². The van der Waals surface area contributed by atoms with Gasteiger partial charge in [0.1, 0.15) is 11.5 Å². The highest BCUT2D eigenvalue weighted by atomic mass is 35.5. The van der Waals surface area contributed by atoms with Crippen LogP contribution >= 0.6 is 23.2 Å². The molecule has 0 radical (unpaired) electrons. The molecule has 0 heterocycles. The molecular formula is C14H11Cl2NO3. The van der Waals surface area contributed by atoms with Crippen LogP contribution in [-0.4, -0.2) is 4.92 Å². The average Bonchev–Trinajstić information content (AvgIpc) is 2.42. The molecule has 0 N–H and O–H groups in total. The van der Waals surface area contributed by atoms with E-state index >= 15 is 0 Å². The lowest BCUT2D eigenvalue weighted by atomic mass is 10.2. The van der Waals surface area contributed by atoms with Gasteiger partial charge < -0.3 is 4.74 Å². The molecular weight excluding hydrogens is 301 g/mol. The highest BCUT2D eigenvalue weighted by Crippen LogP contribution is 2.30. The van der Waals surface area contributed by atoms with Gasteiger partial charge in [-0.2, -0.15) is 0 Å². The molecule has 2 aromatic carbocycles. The van der Waals surface area contributed by atoms with Gasteiger partial charge in [-0.1, -0.05) is 11.6 Å². The maximum Gasteiger partial charge on any atom is 0.274 e. The fourth-order valence-electron chi connectivity index (χ4n) is 1.73. The van der Waals surface area contributed by atoms with Crippen molar-refractivity contribution in [1.82, 2.24) is 0 Å². The lowest BCUT2D eigenvalue weighted by Crippen LogP contribution is -1.94. The van der Waals surface area contributed by atoms with Crippen molar-refractivity contribution >= 4 is 28.9 Å². The Morgan fingerprint density at radius 3 is 2.45 bits per heavy atom. The number of nitro groups is 1. The van der Waals surface area contributed by atoms with Crippen LogP contribution in [0.3, 0.4) is 0 Å². The molecule has 0 saturated carbocycles. The van der Waals surface area contributed by atoms with E-state index in [-0.39, 0.29) is 11.6 Å². The van der Waals surface area contributed by atoms with Gasteiger partial charge in [0.25, 0.3) is 5.69 Å². The third-order valence-corrected chi connectivity index (χ3v) is 3.47. The van der Waals surface area contributed by atoms with Crippen LogP contribution in [0.1, 0.15) is 11.1 Å². The maximum absolute atomic E-state index is 10.8. The number of alkyl halides is 1. The molecule has 20 heavy (non-hydrogen) atoms. The summed E-state index contributed by atoms with van der Waals surface area (Å²) in [5, 5.41) is 11.5. The molecule has 0 fully saturated rings. The molecule has 0 atom stereocenters. The van der Waals surface area contributed by atoms with E-state index in [0.717, 1.165) is 5.56 Å². The molecule has 0 bridgehead atoms. The predicted molar refractivity (Wildman–Crippen MR) is 78.9 cm³/mol. The Labute approximate surface area is 126 Å². The van der Waals surface area contributed by atoms with Crippen LogP contribution in [0.25, 0.3) is 0 Å². The van der Waals surface area contributed by atoms with E-state index in [1.165, 1.54) is 12.1 Å². The molecule has 0 aliphatic carbocycles. The third kappa shape index (κ3) is 3.21. The monoisotopic (exact) mass is 311 g/mol. The van der Waals surface area contributed by atoms with Crippen molar-refractivity contribution in [1.29, 1.82) is 0 Å². The zero-order chi connectivity index (χ0) is 14.7. The topological polar surface area (TPSA) is 52.4 Å². The Hall–Kier alpha value is -1.78. The lowest BCUT2D eigenvalue weighted by Gasteiger charge is -2.08. The van der Waals surface area contributed by atoms with Gasteiger partial charge in [-0.15, -0.1) is 11.6 Å². The van der Waals surface area contributed by atoms with Gasteiger partial charge in [0.15, 0.2) is 0 Å².